The highest BCUT2D eigenvalue weighted by Gasteiger charge is 2.28. The molecule has 1 aliphatic rings. The Morgan fingerprint density at radius 3 is 2.46 bits per heavy atom. The summed E-state index contributed by atoms with van der Waals surface area (Å²) in [7, 11) is -3.75. The molecular formula is C16H17BrN3O3S-. The molecule has 0 spiro atoms. The van der Waals surface area contributed by atoms with E-state index in [-0.39, 0.29) is 27.7 Å². The van der Waals surface area contributed by atoms with E-state index in [1.165, 1.54) is 17.1 Å². The Morgan fingerprint density at radius 2 is 1.83 bits per heavy atom. The number of nitrogens with zero attached hydrogens (tertiary/aromatic N) is 1. The highest BCUT2D eigenvalue weighted by atomic mass is 79.9. The molecule has 0 aliphatic carbocycles. The first kappa shape index (κ1) is 18.4. The lowest BCUT2D eigenvalue weighted by molar-refractivity contribution is -0.00000803. The Balaban J connectivity index is 0.00000208. The Morgan fingerprint density at radius 1 is 1.17 bits per heavy atom. The first-order valence-corrected chi connectivity index (χ1v) is 8.69. The van der Waals surface area contributed by atoms with Gasteiger partial charge in [0.25, 0.3) is 10.0 Å². The van der Waals surface area contributed by atoms with E-state index >= 15 is 0 Å². The second-order valence-electron chi connectivity index (χ2n) is 5.09. The molecule has 0 saturated carbocycles. The van der Waals surface area contributed by atoms with Crippen molar-refractivity contribution >= 4 is 15.9 Å². The minimum atomic E-state index is -3.75. The fraction of sp³-hybridized carbons (Fsp3) is 0.188. The number of rotatable bonds is 5. The van der Waals surface area contributed by atoms with Crippen LogP contribution in [0.2, 0.25) is 0 Å². The second kappa shape index (κ2) is 7.33. The molecule has 0 radical (unpaired) electrons. The third-order valence-corrected chi connectivity index (χ3v) is 4.90. The molecule has 1 heterocycles. The molecule has 128 valence electrons. The van der Waals surface area contributed by atoms with Gasteiger partial charge in [-0.15, -0.1) is 4.83 Å². The van der Waals surface area contributed by atoms with Crippen molar-refractivity contribution in [3.8, 4) is 5.75 Å². The second-order valence-corrected chi connectivity index (χ2v) is 6.75. The Kier molecular flexibility index (Phi) is 5.63. The van der Waals surface area contributed by atoms with E-state index < -0.39 is 10.0 Å². The first-order chi connectivity index (χ1) is 11.0. The average molecular weight is 411 g/mol. The maximum atomic E-state index is 12.5. The lowest BCUT2D eigenvalue weighted by Gasteiger charge is -2.19. The number of benzene rings is 2. The van der Waals surface area contributed by atoms with Crippen LogP contribution in [0.5, 0.6) is 5.75 Å². The third kappa shape index (κ3) is 3.61. The molecule has 1 aliphatic heterocycles. The van der Waals surface area contributed by atoms with Crippen molar-refractivity contribution in [2.45, 2.75) is 18.4 Å². The summed E-state index contributed by atoms with van der Waals surface area (Å²) < 4.78 is 30.2. The number of amidine groups is 1. The van der Waals surface area contributed by atoms with Crippen molar-refractivity contribution in [2.24, 2.45) is 0 Å². The normalized spacial score (nSPS) is 13.4. The highest BCUT2D eigenvalue weighted by Crippen LogP contribution is 2.22. The van der Waals surface area contributed by atoms with Gasteiger partial charge in [-0.25, -0.2) is 8.42 Å². The summed E-state index contributed by atoms with van der Waals surface area (Å²) in [6.45, 7) is 2.72. The van der Waals surface area contributed by atoms with E-state index in [9.17, 15) is 8.42 Å². The van der Waals surface area contributed by atoms with Crippen molar-refractivity contribution in [2.75, 3.05) is 6.61 Å². The molecule has 2 aromatic rings. The molecule has 24 heavy (non-hydrogen) atoms. The molecule has 0 amide bonds. The number of nitrogens with one attached hydrogen (secondary N) is 2. The van der Waals surface area contributed by atoms with E-state index in [0.29, 0.717) is 18.9 Å². The van der Waals surface area contributed by atoms with Crippen molar-refractivity contribution in [3.63, 3.8) is 0 Å². The molecule has 0 bridgehead atoms. The zero-order valence-corrected chi connectivity index (χ0v) is 15.4. The fourth-order valence-corrected chi connectivity index (χ4v) is 3.49. The Labute approximate surface area is 151 Å². The number of hydrogen-bond acceptors (Lipinski definition) is 4. The van der Waals surface area contributed by atoms with Gasteiger partial charge in [0, 0.05) is 5.56 Å². The maximum Gasteiger partial charge on any atom is 0.257 e. The minimum absolute atomic E-state index is 0. The summed E-state index contributed by atoms with van der Waals surface area (Å²) >= 11 is 0. The van der Waals surface area contributed by atoms with Crippen LogP contribution in [0.25, 0.3) is 0 Å². The lowest BCUT2D eigenvalue weighted by Crippen LogP contribution is -3.00. The van der Waals surface area contributed by atoms with Crippen LogP contribution in [-0.2, 0) is 16.6 Å². The van der Waals surface area contributed by atoms with E-state index in [0.717, 1.165) is 11.1 Å². The molecule has 0 atom stereocenters. The van der Waals surface area contributed by atoms with Gasteiger partial charge in [-0.1, -0.05) is 24.3 Å². The predicted molar refractivity (Wildman–Crippen MR) is 86.7 cm³/mol. The summed E-state index contributed by atoms with van der Waals surface area (Å²) in [6.07, 6.45) is 0. The van der Waals surface area contributed by atoms with Gasteiger partial charge in [0.05, 0.1) is 18.0 Å². The van der Waals surface area contributed by atoms with Crippen molar-refractivity contribution in [1.29, 1.82) is 5.41 Å². The topological polar surface area (TPSA) is 82.5 Å². The van der Waals surface area contributed by atoms with Crippen LogP contribution < -0.4 is 26.5 Å². The van der Waals surface area contributed by atoms with Crippen molar-refractivity contribution < 1.29 is 30.1 Å². The van der Waals surface area contributed by atoms with Crippen LogP contribution in [-0.4, -0.2) is 25.9 Å². The summed E-state index contributed by atoms with van der Waals surface area (Å²) in [5.41, 5.74) is 1.66. The average Bonchev–Trinajstić information content (AvgIpc) is 2.84. The van der Waals surface area contributed by atoms with E-state index in [1.807, 2.05) is 31.2 Å². The van der Waals surface area contributed by atoms with Gasteiger partial charge in [-0.2, -0.15) is 0 Å². The zero-order chi connectivity index (χ0) is 16.4. The van der Waals surface area contributed by atoms with Crippen LogP contribution in [0, 0.1) is 5.41 Å². The highest BCUT2D eigenvalue weighted by molar-refractivity contribution is 7.89. The maximum absolute atomic E-state index is 12.5. The number of fused-ring (bicyclic) bond motifs is 1. The van der Waals surface area contributed by atoms with E-state index in [2.05, 4.69) is 4.83 Å². The molecule has 3 rings (SSSR count). The SMILES string of the molecule is CCOc1ccc(S(=O)(=O)NN2Cc3ccccc3C2=N)cc1.[Br-]. The van der Waals surface area contributed by atoms with Crippen molar-refractivity contribution in [3.05, 3.63) is 59.7 Å². The Bertz CT molecular complexity index is 838. The van der Waals surface area contributed by atoms with Crippen LogP contribution in [0.4, 0.5) is 0 Å². The van der Waals surface area contributed by atoms with Crippen LogP contribution in [0.1, 0.15) is 18.1 Å². The smallest absolute Gasteiger partial charge is 0.257 e. The van der Waals surface area contributed by atoms with Gasteiger partial charge in [0.2, 0.25) is 0 Å². The third-order valence-electron chi connectivity index (χ3n) is 3.55. The predicted octanol–water partition coefficient (Wildman–Crippen LogP) is -0.876. The van der Waals surface area contributed by atoms with Crippen LogP contribution in [0.3, 0.4) is 0 Å². The molecule has 0 saturated heterocycles. The number of hydrogen-bond donors (Lipinski definition) is 2. The quantitative estimate of drug-likeness (QED) is 0.670. The van der Waals surface area contributed by atoms with Gasteiger partial charge in [0.1, 0.15) is 11.6 Å². The van der Waals surface area contributed by atoms with Crippen LogP contribution in [0.15, 0.2) is 53.4 Å². The summed E-state index contributed by atoms with van der Waals surface area (Å²) in [5, 5.41) is 9.43. The molecule has 2 N–H and O–H groups in total. The Hall–Kier alpha value is -1.90. The molecule has 2 aromatic carbocycles. The van der Waals surface area contributed by atoms with Crippen LogP contribution >= 0.6 is 0 Å². The number of halogens is 1. The van der Waals surface area contributed by atoms with Gasteiger partial charge in [-0.3, -0.25) is 10.4 Å². The van der Waals surface area contributed by atoms with Gasteiger partial charge in [-0.05, 0) is 36.8 Å². The molecule has 0 unspecified atom stereocenters. The van der Waals surface area contributed by atoms with Crippen molar-refractivity contribution in [1.82, 2.24) is 9.84 Å². The largest absolute Gasteiger partial charge is 1.00 e. The number of ether oxygens (including phenoxy) is 1. The first-order valence-electron chi connectivity index (χ1n) is 7.21. The summed E-state index contributed by atoms with van der Waals surface area (Å²) in [6, 6.07) is 13.6. The minimum Gasteiger partial charge on any atom is -1.00 e. The molecular weight excluding hydrogens is 394 g/mol. The summed E-state index contributed by atoms with van der Waals surface area (Å²) in [4.78, 5) is 2.59. The fourth-order valence-electron chi connectivity index (χ4n) is 2.44. The summed E-state index contributed by atoms with van der Waals surface area (Å²) in [5.74, 6) is 0.767. The van der Waals surface area contributed by atoms with Gasteiger partial charge in [0.15, 0.2) is 0 Å². The lowest BCUT2D eigenvalue weighted by atomic mass is 10.1. The molecule has 6 nitrogen and oxygen atoms in total. The molecule has 0 fully saturated rings. The molecule has 8 heteroatoms. The zero-order valence-electron chi connectivity index (χ0n) is 13.0. The standard InChI is InChI=1S/C16H17N3O3S.BrH/c1-2-22-13-7-9-14(10-8-13)23(20,21)18-19-11-12-5-3-4-6-15(12)16(19)17;/h3-10,17-18H,2,11H2,1H3;1H/p-1. The number of hydrazine groups is 1. The number of sulfonamides is 1. The van der Waals surface area contributed by atoms with Gasteiger partial charge < -0.3 is 21.7 Å². The molecule has 0 aromatic heterocycles. The van der Waals surface area contributed by atoms with Gasteiger partial charge >= 0.3 is 0 Å². The van der Waals surface area contributed by atoms with E-state index in [1.54, 1.807) is 12.1 Å². The van der Waals surface area contributed by atoms with E-state index in [4.69, 9.17) is 10.1 Å². The monoisotopic (exact) mass is 410 g/mol.